The summed E-state index contributed by atoms with van der Waals surface area (Å²) in [6, 6.07) is 1.96. The van der Waals surface area contributed by atoms with Crippen molar-refractivity contribution in [3.05, 3.63) is 17.5 Å². The first-order chi connectivity index (χ1) is 12.5. The Balaban J connectivity index is 1.33. The van der Waals surface area contributed by atoms with E-state index in [2.05, 4.69) is 16.9 Å². The molecule has 1 aliphatic carbocycles. The summed E-state index contributed by atoms with van der Waals surface area (Å²) in [6.07, 6.45) is 6.30. The molecule has 0 radical (unpaired) electrons. The summed E-state index contributed by atoms with van der Waals surface area (Å²) in [7, 11) is 1.93. The quantitative estimate of drug-likeness (QED) is 0.834. The second kappa shape index (κ2) is 7.05. The Hall–Kier alpha value is -1.85. The Labute approximate surface area is 155 Å². The minimum absolute atomic E-state index is 0.0185. The molecule has 1 aromatic heterocycles. The molecule has 2 amide bonds. The number of piperidine rings is 2. The maximum absolute atomic E-state index is 12.8. The second-order valence-corrected chi connectivity index (χ2v) is 8.45. The number of hydrogen-bond acceptors (Lipinski definition) is 3. The van der Waals surface area contributed by atoms with Crippen molar-refractivity contribution in [2.24, 2.45) is 18.9 Å². The van der Waals surface area contributed by atoms with Crippen LogP contribution in [0, 0.1) is 11.8 Å². The van der Waals surface area contributed by atoms with Gasteiger partial charge in [-0.15, -0.1) is 0 Å². The maximum Gasteiger partial charge on any atom is 0.274 e. The fourth-order valence-electron chi connectivity index (χ4n) is 4.49. The van der Waals surface area contributed by atoms with Gasteiger partial charge in [-0.25, -0.2) is 0 Å². The Morgan fingerprint density at radius 3 is 2.42 bits per heavy atom. The van der Waals surface area contributed by atoms with Gasteiger partial charge in [0, 0.05) is 50.8 Å². The van der Waals surface area contributed by atoms with Crippen LogP contribution in [0.3, 0.4) is 0 Å². The maximum atomic E-state index is 12.8. The average Bonchev–Trinajstić information content (AvgIpc) is 3.42. The third kappa shape index (κ3) is 3.51. The highest BCUT2D eigenvalue weighted by atomic mass is 16.2. The third-order valence-corrected chi connectivity index (χ3v) is 6.23. The lowest BCUT2D eigenvalue weighted by atomic mass is 9.92. The molecule has 3 heterocycles. The highest BCUT2D eigenvalue weighted by molar-refractivity contribution is 5.92. The topological polar surface area (TPSA) is 58.4 Å². The molecular weight excluding hydrogens is 328 g/mol. The molecule has 3 fully saturated rings. The standard InChI is InChI=1S/C20H30N4O2/c1-14-4-3-9-24(13-14)19(25)16-7-10-23(11-8-16)20(26)17-12-18(15-5-6-15)22(2)21-17/h12,14-16H,3-11,13H2,1-2H3. The van der Waals surface area contributed by atoms with Crippen LogP contribution in [0.5, 0.6) is 0 Å². The molecule has 1 unspecified atom stereocenters. The van der Waals surface area contributed by atoms with Crippen molar-refractivity contribution >= 4 is 11.8 Å². The number of amides is 2. The van der Waals surface area contributed by atoms with E-state index in [9.17, 15) is 9.59 Å². The van der Waals surface area contributed by atoms with E-state index >= 15 is 0 Å². The first kappa shape index (κ1) is 17.6. The molecular formula is C20H30N4O2. The molecule has 1 aromatic rings. The number of likely N-dealkylation sites (tertiary alicyclic amines) is 2. The van der Waals surface area contributed by atoms with E-state index < -0.39 is 0 Å². The molecule has 0 N–H and O–H groups in total. The van der Waals surface area contributed by atoms with Crippen molar-refractivity contribution in [3.63, 3.8) is 0 Å². The fraction of sp³-hybridized carbons (Fsp3) is 0.750. The monoisotopic (exact) mass is 358 g/mol. The van der Waals surface area contributed by atoms with Crippen LogP contribution < -0.4 is 0 Å². The van der Waals surface area contributed by atoms with Crippen LogP contribution in [0.2, 0.25) is 0 Å². The lowest BCUT2D eigenvalue weighted by Gasteiger charge is -2.37. The number of carbonyl (C=O) groups excluding carboxylic acids is 2. The van der Waals surface area contributed by atoms with Crippen LogP contribution in [0.1, 0.15) is 67.5 Å². The summed E-state index contributed by atoms with van der Waals surface area (Å²) in [6.45, 7) is 5.35. The van der Waals surface area contributed by atoms with Gasteiger partial charge in [0.2, 0.25) is 5.91 Å². The minimum Gasteiger partial charge on any atom is -0.342 e. The summed E-state index contributed by atoms with van der Waals surface area (Å²) < 4.78 is 1.86. The van der Waals surface area contributed by atoms with Gasteiger partial charge in [0.25, 0.3) is 5.91 Å². The van der Waals surface area contributed by atoms with Crippen LogP contribution in [-0.4, -0.2) is 57.6 Å². The van der Waals surface area contributed by atoms with E-state index in [0.29, 0.717) is 36.5 Å². The van der Waals surface area contributed by atoms with Crippen molar-refractivity contribution in [3.8, 4) is 0 Å². The van der Waals surface area contributed by atoms with Crippen molar-refractivity contribution in [2.45, 2.75) is 51.4 Å². The van der Waals surface area contributed by atoms with Gasteiger partial charge in [-0.1, -0.05) is 6.92 Å². The molecule has 142 valence electrons. The molecule has 3 aliphatic rings. The molecule has 0 spiro atoms. The molecule has 0 bridgehead atoms. The predicted molar refractivity (Wildman–Crippen MR) is 98.8 cm³/mol. The molecule has 1 atom stereocenters. The molecule has 26 heavy (non-hydrogen) atoms. The van der Waals surface area contributed by atoms with Gasteiger partial charge in [-0.2, -0.15) is 5.10 Å². The number of aryl methyl sites for hydroxylation is 1. The molecule has 2 saturated heterocycles. The van der Waals surface area contributed by atoms with Crippen LogP contribution in [-0.2, 0) is 11.8 Å². The van der Waals surface area contributed by atoms with E-state index in [4.69, 9.17) is 0 Å². The second-order valence-electron chi connectivity index (χ2n) is 8.45. The van der Waals surface area contributed by atoms with Gasteiger partial charge in [0.05, 0.1) is 0 Å². The number of hydrogen-bond donors (Lipinski definition) is 0. The Bertz CT molecular complexity index is 686. The van der Waals surface area contributed by atoms with Gasteiger partial charge in [-0.3, -0.25) is 14.3 Å². The SMILES string of the molecule is CC1CCCN(C(=O)C2CCN(C(=O)c3cc(C4CC4)n(C)n3)CC2)C1. The predicted octanol–water partition coefficient (Wildman–Crippen LogP) is 2.41. The van der Waals surface area contributed by atoms with E-state index in [-0.39, 0.29) is 11.8 Å². The zero-order valence-corrected chi connectivity index (χ0v) is 16.0. The Morgan fingerprint density at radius 2 is 1.77 bits per heavy atom. The van der Waals surface area contributed by atoms with E-state index in [1.165, 1.54) is 25.0 Å². The van der Waals surface area contributed by atoms with Crippen LogP contribution >= 0.6 is 0 Å². The smallest absolute Gasteiger partial charge is 0.274 e. The lowest BCUT2D eigenvalue weighted by molar-refractivity contribution is -0.138. The van der Waals surface area contributed by atoms with Crippen molar-refractivity contribution in [1.82, 2.24) is 19.6 Å². The number of aromatic nitrogens is 2. The Morgan fingerprint density at radius 1 is 1.04 bits per heavy atom. The largest absolute Gasteiger partial charge is 0.342 e. The summed E-state index contributed by atoms with van der Waals surface area (Å²) in [4.78, 5) is 29.5. The van der Waals surface area contributed by atoms with Gasteiger partial charge >= 0.3 is 0 Å². The van der Waals surface area contributed by atoms with Crippen LogP contribution in [0.15, 0.2) is 6.07 Å². The number of carbonyl (C=O) groups is 2. The number of rotatable bonds is 3. The highest BCUT2D eigenvalue weighted by Gasteiger charge is 2.33. The first-order valence-electron chi connectivity index (χ1n) is 10.1. The highest BCUT2D eigenvalue weighted by Crippen LogP contribution is 2.40. The molecule has 2 aliphatic heterocycles. The molecule has 6 heteroatoms. The third-order valence-electron chi connectivity index (χ3n) is 6.23. The zero-order chi connectivity index (χ0) is 18.3. The van der Waals surface area contributed by atoms with Crippen molar-refractivity contribution in [1.29, 1.82) is 0 Å². The lowest BCUT2D eigenvalue weighted by Crippen LogP contribution is -2.47. The summed E-state index contributed by atoms with van der Waals surface area (Å²) in [5, 5.41) is 4.43. The Kier molecular flexibility index (Phi) is 4.76. The van der Waals surface area contributed by atoms with E-state index in [1.54, 1.807) is 0 Å². The van der Waals surface area contributed by atoms with Crippen LogP contribution in [0.25, 0.3) is 0 Å². The fourth-order valence-corrected chi connectivity index (χ4v) is 4.49. The van der Waals surface area contributed by atoms with Gasteiger partial charge < -0.3 is 9.80 Å². The number of nitrogens with zero attached hydrogens (tertiary/aromatic N) is 4. The van der Waals surface area contributed by atoms with Gasteiger partial charge in [-0.05, 0) is 50.5 Å². The molecule has 0 aromatic carbocycles. The molecule has 4 rings (SSSR count). The van der Waals surface area contributed by atoms with Crippen molar-refractivity contribution < 1.29 is 9.59 Å². The van der Waals surface area contributed by atoms with Gasteiger partial charge in [0.1, 0.15) is 0 Å². The first-order valence-corrected chi connectivity index (χ1v) is 10.1. The summed E-state index contributed by atoms with van der Waals surface area (Å²) >= 11 is 0. The van der Waals surface area contributed by atoms with Crippen LogP contribution in [0.4, 0.5) is 0 Å². The normalized spacial score (nSPS) is 24.8. The summed E-state index contributed by atoms with van der Waals surface area (Å²) in [5.74, 6) is 1.60. The van der Waals surface area contributed by atoms with E-state index in [0.717, 1.165) is 32.4 Å². The molecule has 6 nitrogen and oxygen atoms in total. The average molecular weight is 358 g/mol. The minimum atomic E-state index is 0.0185. The van der Waals surface area contributed by atoms with Crippen molar-refractivity contribution in [2.75, 3.05) is 26.2 Å². The van der Waals surface area contributed by atoms with Gasteiger partial charge in [0.15, 0.2) is 5.69 Å². The summed E-state index contributed by atoms with van der Waals surface area (Å²) in [5.41, 5.74) is 1.74. The van der Waals surface area contributed by atoms with E-state index in [1.807, 2.05) is 22.7 Å². The zero-order valence-electron chi connectivity index (χ0n) is 16.0. The molecule has 1 saturated carbocycles.